The lowest BCUT2D eigenvalue weighted by molar-refractivity contribution is -0.111. The van der Waals surface area contributed by atoms with E-state index in [9.17, 15) is 13.2 Å². The second-order valence-electron chi connectivity index (χ2n) is 8.19. The van der Waals surface area contributed by atoms with Crippen LogP contribution in [0.3, 0.4) is 0 Å². The van der Waals surface area contributed by atoms with Gasteiger partial charge in [-0.1, -0.05) is 26.0 Å². The summed E-state index contributed by atoms with van der Waals surface area (Å²) in [5.41, 5.74) is 2.32. The Morgan fingerprint density at radius 1 is 1.06 bits per heavy atom. The van der Waals surface area contributed by atoms with Gasteiger partial charge in [0.25, 0.3) is 0 Å². The molecule has 1 aromatic heterocycles. The number of nitrogens with one attached hydrogen (secondary N) is 1. The molecule has 8 nitrogen and oxygen atoms in total. The smallest absolute Gasteiger partial charge is 0.250 e. The predicted octanol–water partition coefficient (Wildman–Crippen LogP) is 5.04. The number of carbonyl (C=O) groups is 1. The van der Waals surface area contributed by atoms with Crippen molar-refractivity contribution < 1.29 is 22.7 Å². The van der Waals surface area contributed by atoms with Crippen LogP contribution in [-0.2, 0) is 14.8 Å². The van der Waals surface area contributed by atoms with Gasteiger partial charge in [-0.05, 0) is 54.8 Å². The monoisotopic (exact) mass is 527 g/mol. The van der Waals surface area contributed by atoms with Crippen LogP contribution in [-0.4, -0.2) is 49.9 Å². The number of hydrogen-bond donors (Lipinski definition) is 1. The van der Waals surface area contributed by atoms with E-state index in [2.05, 4.69) is 10.3 Å². The van der Waals surface area contributed by atoms with Gasteiger partial charge >= 0.3 is 0 Å². The zero-order valence-electron chi connectivity index (χ0n) is 20.3. The van der Waals surface area contributed by atoms with Crippen molar-refractivity contribution in [2.45, 2.75) is 31.6 Å². The van der Waals surface area contributed by atoms with Crippen molar-refractivity contribution in [2.75, 3.05) is 31.6 Å². The number of sulfonamides is 1. The first-order chi connectivity index (χ1) is 17.4. The van der Waals surface area contributed by atoms with Crippen molar-refractivity contribution >= 4 is 38.5 Å². The van der Waals surface area contributed by atoms with Gasteiger partial charge in [0.15, 0.2) is 16.6 Å². The van der Waals surface area contributed by atoms with Crippen molar-refractivity contribution in [1.29, 1.82) is 0 Å². The first-order valence-corrected chi connectivity index (χ1v) is 14.2. The Morgan fingerprint density at radius 3 is 2.44 bits per heavy atom. The summed E-state index contributed by atoms with van der Waals surface area (Å²) in [6, 6.07) is 12.2. The van der Waals surface area contributed by atoms with E-state index in [0.717, 1.165) is 29.7 Å². The molecule has 1 N–H and O–H groups in total. The van der Waals surface area contributed by atoms with Gasteiger partial charge in [0, 0.05) is 30.1 Å². The number of aromatic nitrogens is 1. The van der Waals surface area contributed by atoms with E-state index in [1.165, 1.54) is 21.7 Å². The zero-order chi connectivity index (χ0) is 25.5. The molecule has 0 radical (unpaired) electrons. The lowest BCUT2D eigenvalue weighted by atomic mass is 10.1. The Bertz CT molecular complexity index is 1330. The SMILES string of the molecule is CCCN(CCC)S(=O)(=O)c1ccc(C=CC(=O)Nc2nc(-c3ccc4c(c3)OCCO4)cs2)cc1. The molecule has 0 spiro atoms. The minimum Gasteiger partial charge on any atom is -0.486 e. The number of nitrogens with zero attached hydrogens (tertiary/aromatic N) is 2. The summed E-state index contributed by atoms with van der Waals surface area (Å²) in [6.45, 7) is 5.95. The molecular formula is C26H29N3O5S2. The van der Waals surface area contributed by atoms with E-state index in [4.69, 9.17) is 9.47 Å². The molecule has 3 aromatic rings. The molecule has 36 heavy (non-hydrogen) atoms. The van der Waals surface area contributed by atoms with E-state index in [-0.39, 0.29) is 10.8 Å². The van der Waals surface area contributed by atoms with E-state index in [1.807, 2.05) is 37.4 Å². The van der Waals surface area contributed by atoms with Gasteiger partial charge in [-0.3, -0.25) is 10.1 Å². The molecule has 0 aliphatic carbocycles. The number of amides is 1. The maximum absolute atomic E-state index is 12.9. The average molecular weight is 528 g/mol. The maximum Gasteiger partial charge on any atom is 0.250 e. The number of anilines is 1. The van der Waals surface area contributed by atoms with E-state index in [0.29, 0.717) is 42.9 Å². The highest BCUT2D eigenvalue weighted by atomic mass is 32.2. The molecule has 2 aromatic carbocycles. The molecule has 1 amide bonds. The van der Waals surface area contributed by atoms with E-state index < -0.39 is 10.0 Å². The molecule has 4 rings (SSSR count). The Morgan fingerprint density at radius 2 is 1.75 bits per heavy atom. The number of thiazole rings is 1. The predicted molar refractivity (Wildman–Crippen MR) is 142 cm³/mol. The van der Waals surface area contributed by atoms with Crippen LogP contribution in [0.15, 0.2) is 58.8 Å². The topological polar surface area (TPSA) is 97.8 Å². The van der Waals surface area contributed by atoms with Crippen LogP contribution >= 0.6 is 11.3 Å². The second-order valence-corrected chi connectivity index (χ2v) is 11.0. The van der Waals surface area contributed by atoms with Crippen molar-refractivity contribution in [1.82, 2.24) is 9.29 Å². The number of hydrogen-bond acceptors (Lipinski definition) is 7. The average Bonchev–Trinajstić information content (AvgIpc) is 3.35. The molecule has 2 heterocycles. The zero-order valence-corrected chi connectivity index (χ0v) is 21.9. The van der Waals surface area contributed by atoms with Gasteiger partial charge in [0.05, 0.1) is 10.6 Å². The minimum absolute atomic E-state index is 0.250. The summed E-state index contributed by atoms with van der Waals surface area (Å²) in [7, 11) is -3.53. The Labute approximate surface area is 215 Å². The molecule has 0 atom stereocenters. The molecule has 190 valence electrons. The van der Waals surface area contributed by atoms with Crippen LogP contribution in [0.1, 0.15) is 32.3 Å². The first-order valence-electron chi connectivity index (χ1n) is 11.9. The highest BCUT2D eigenvalue weighted by Crippen LogP contribution is 2.35. The summed E-state index contributed by atoms with van der Waals surface area (Å²) < 4.78 is 38.5. The number of rotatable bonds is 10. The Kier molecular flexibility index (Phi) is 8.40. The third-order valence-corrected chi connectivity index (χ3v) is 8.13. The Balaban J connectivity index is 1.38. The van der Waals surface area contributed by atoms with Gasteiger partial charge in [-0.15, -0.1) is 11.3 Å². The van der Waals surface area contributed by atoms with Crippen LogP contribution < -0.4 is 14.8 Å². The maximum atomic E-state index is 12.9. The van der Waals surface area contributed by atoms with Gasteiger partial charge in [-0.25, -0.2) is 13.4 Å². The molecule has 0 saturated heterocycles. The first kappa shape index (κ1) is 25.9. The standard InChI is InChI=1S/C26H29N3O5S2/c1-3-13-29(14-4-2)36(31,32)21-9-5-19(6-10-21)7-12-25(30)28-26-27-22(18-35-26)20-8-11-23-24(17-20)34-16-15-33-23/h5-12,17-18H,3-4,13-16H2,1-2H3,(H,27,28,30). The molecular weight excluding hydrogens is 498 g/mol. The van der Waals surface area contributed by atoms with Crippen LogP contribution in [0.5, 0.6) is 11.5 Å². The van der Waals surface area contributed by atoms with Crippen molar-refractivity contribution in [3.63, 3.8) is 0 Å². The molecule has 1 aliphatic heterocycles. The summed E-state index contributed by atoms with van der Waals surface area (Å²) in [4.78, 5) is 17.2. The molecule has 1 aliphatic rings. The number of fused-ring (bicyclic) bond motifs is 1. The van der Waals surface area contributed by atoms with Gasteiger partial charge in [0.1, 0.15) is 13.2 Å². The van der Waals surface area contributed by atoms with Crippen LogP contribution in [0.25, 0.3) is 17.3 Å². The van der Waals surface area contributed by atoms with Crippen LogP contribution in [0.4, 0.5) is 5.13 Å². The highest BCUT2D eigenvalue weighted by Gasteiger charge is 2.22. The van der Waals surface area contributed by atoms with E-state index in [1.54, 1.807) is 30.3 Å². The highest BCUT2D eigenvalue weighted by molar-refractivity contribution is 7.89. The van der Waals surface area contributed by atoms with Crippen LogP contribution in [0.2, 0.25) is 0 Å². The number of ether oxygens (including phenoxy) is 2. The third-order valence-electron chi connectivity index (χ3n) is 5.46. The molecule has 0 fully saturated rings. The van der Waals surface area contributed by atoms with Crippen molar-refractivity contribution in [3.8, 4) is 22.8 Å². The fourth-order valence-corrected chi connectivity index (χ4v) is 6.08. The molecule has 0 saturated carbocycles. The Hall–Kier alpha value is -3.21. The van der Waals surface area contributed by atoms with Gasteiger partial charge in [0.2, 0.25) is 15.9 Å². The normalized spacial score (nSPS) is 13.3. The van der Waals surface area contributed by atoms with Gasteiger partial charge < -0.3 is 9.47 Å². The summed E-state index contributed by atoms with van der Waals surface area (Å²) in [5.74, 6) is 1.07. The van der Waals surface area contributed by atoms with Crippen molar-refractivity contribution in [2.24, 2.45) is 0 Å². The third kappa shape index (κ3) is 6.13. The molecule has 0 bridgehead atoms. The minimum atomic E-state index is -3.53. The summed E-state index contributed by atoms with van der Waals surface area (Å²) >= 11 is 1.33. The molecule has 10 heteroatoms. The lowest BCUT2D eigenvalue weighted by Crippen LogP contribution is -2.32. The molecule has 0 unspecified atom stereocenters. The largest absolute Gasteiger partial charge is 0.486 e. The van der Waals surface area contributed by atoms with Crippen molar-refractivity contribution in [3.05, 3.63) is 59.5 Å². The summed E-state index contributed by atoms with van der Waals surface area (Å²) in [5, 5.41) is 5.11. The van der Waals surface area contributed by atoms with Gasteiger partial charge in [-0.2, -0.15) is 4.31 Å². The number of carbonyl (C=O) groups excluding carboxylic acids is 1. The lowest BCUT2D eigenvalue weighted by Gasteiger charge is -2.21. The fraction of sp³-hybridized carbons (Fsp3) is 0.308. The fourth-order valence-electron chi connectivity index (χ4n) is 3.74. The quantitative estimate of drug-likeness (QED) is 0.371. The second kappa shape index (κ2) is 11.7. The number of benzene rings is 2. The van der Waals surface area contributed by atoms with Crippen LogP contribution in [0, 0.1) is 0 Å². The van der Waals surface area contributed by atoms with E-state index >= 15 is 0 Å². The summed E-state index contributed by atoms with van der Waals surface area (Å²) in [6.07, 6.45) is 4.55.